The first-order chi connectivity index (χ1) is 13.5. The summed E-state index contributed by atoms with van der Waals surface area (Å²) in [6.45, 7) is 0. The molecular formula is C19H12Cl4O5S. The van der Waals surface area contributed by atoms with E-state index in [1.165, 1.54) is 42.5 Å². The van der Waals surface area contributed by atoms with Gasteiger partial charge in [-0.2, -0.15) is 8.42 Å². The lowest BCUT2D eigenvalue weighted by Crippen LogP contribution is -2.39. The van der Waals surface area contributed by atoms with Crippen LogP contribution in [0.3, 0.4) is 0 Å². The zero-order valence-corrected chi connectivity index (χ0v) is 18.1. The van der Waals surface area contributed by atoms with E-state index in [9.17, 15) is 23.2 Å². The van der Waals surface area contributed by atoms with Crippen LogP contribution in [0.5, 0.6) is 11.5 Å². The fourth-order valence-electron chi connectivity index (χ4n) is 3.23. The average molecular weight is 494 g/mol. The molecule has 0 bridgehead atoms. The van der Waals surface area contributed by atoms with Crippen molar-refractivity contribution in [3.8, 4) is 11.5 Å². The summed E-state index contributed by atoms with van der Waals surface area (Å²) in [6.07, 6.45) is 0. The quantitative estimate of drug-likeness (QED) is 0.311. The van der Waals surface area contributed by atoms with Crippen molar-refractivity contribution in [2.75, 3.05) is 0 Å². The largest absolute Gasteiger partial charge is 0.508 e. The Morgan fingerprint density at radius 3 is 1.90 bits per heavy atom. The van der Waals surface area contributed by atoms with Crippen molar-refractivity contribution in [2.24, 2.45) is 0 Å². The van der Waals surface area contributed by atoms with Crippen LogP contribution in [-0.2, 0) is 14.9 Å². The second kappa shape index (κ2) is 7.87. The third-order valence-corrected chi connectivity index (χ3v) is 6.87. The number of phenols is 2. The van der Waals surface area contributed by atoms with Gasteiger partial charge in [-0.25, -0.2) is 0 Å². The lowest BCUT2D eigenvalue weighted by Gasteiger charge is -2.34. The Bertz CT molecular complexity index is 1170. The molecule has 3 rings (SSSR count). The van der Waals surface area contributed by atoms with Crippen molar-refractivity contribution in [3.05, 3.63) is 91.4 Å². The Balaban J connectivity index is 2.61. The van der Waals surface area contributed by atoms with Gasteiger partial charge in [0.15, 0.2) is 4.75 Å². The highest BCUT2D eigenvalue weighted by Gasteiger charge is 2.52. The third kappa shape index (κ3) is 3.77. The molecule has 152 valence electrons. The van der Waals surface area contributed by atoms with E-state index in [0.29, 0.717) is 5.02 Å². The number of aromatic hydroxyl groups is 2. The second-order valence-corrected chi connectivity index (χ2v) is 9.36. The van der Waals surface area contributed by atoms with Gasteiger partial charge in [-0.1, -0.05) is 64.6 Å². The minimum absolute atomic E-state index is 0.00323. The first kappa shape index (κ1) is 22.0. The first-order valence-electron chi connectivity index (χ1n) is 7.89. The Hall–Kier alpha value is -1.67. The Morgan fingerprint density at radius 1 is 0.759 bits per heavy atom. The molecule has 0 aliphatic heterocycles. The van der Waals surface area contributed by atoms with Crippen molar-refractivity contribution >= 4 is 56.5 Å². The van der Waals surface area contributed by atoms with Gasteiger partial charge in [0.2, 0.25) is 0 Å². The zero-order valence-electron chi connectivity index (χ0n) is 14.3. The molecule has 3 aromatic carbocycles. The van der Waals surface area contributed by atoms with Crippen LogP contribution >= 0.6 is 46.4 Å². The number of benzene rings is 3. The summed E-state index contributed by atoms with van der Waals surface area (Å²) < 4.78 is 34.0. The Morgan fingerprint density at radius 2 is 1.38 bits per heavy atom. The first-order valence-corrected chi connectivity index (χ1v) is 10.8. The van der Waals surface area contributed by atoms with Crippen molar-refractivity contribution in [1.82, 2.24) is 0 Å². The SMILES string of the molecule is O=S(=O)(O)C(c1ccc(Cl)cc1)(c1ccc(O)cc1Cl)c1c(O)cc(Cl)cc1Cl. The van der Waals surface area contributed by atoms with Gasteiger partial charge in [-0.15, -0.1) is 0 Å². The van der Waals surface area contributed by atoms with Gasteiger partial charge in [0.25, 0.3) is 10.1 Å². The highest BCUT2D eigenvalue weighted by Crippen LogP contribution is 2.52. The summed E-state index contributed by atoms with van der Waals surface area (Å²) >= 11 is 24.4. The van der Waals surface area contributed by atoms with Gasteiger partial charge >= 0.3 is 0 Å². The minimum atomic E-state index is -5.09. The van der Waals surface area contributed by atoms with Crippen LogP contribution in [0.25, 0.3) is 0 Å². The molecule has 0 amide bonds. The van der Waals surface area contributed by atoms with Crippen LogP contribution in [0.15, 0.2) is 54.6 Å². The van der Waals surface area contributed by atoms with E-state index in [0.717, 1.165) is 12.1 Å². The van der Waals surface area contributed by atoms with Crippen LogP contribution in [0.1, 0.15) is 16.7 Å². The van der Waals surface area contributed by atoms with Gasteiger partial charge in [0.05, 0.1) is 5.02 Å². The maximum absolute atomic E-state index is 13.0. The summed E-state index contributed by atoms with van der Waals surface area (Å²) in [5.74, 6) is -0.815. The molecule has 0 radical (unpaired) electrons. The Labute approximate surface area is 186 Å². The highest BCUT2D eigenvalue weighted by atomic mass is 35.5. The number of hydrogen-bond donors (Lipinski definition) is 3. The predicted molar refractivity (Wildman–Crippen MR) is 114 cm³/mol. The molecule has 0 aliphatic carbocycles. The van der Waals surface area contributed by atoms with Crippen molar-refractivity contribution in [3.63, 3.8) is 0 Å². The second-order valence-electron chi connectivity index (χ2n) is 6.11. The molecule has 3 aromatic rings. The fourth-order valence-corrected chi connectivity index (χ4v) is 5.78. The van der Waals surface area contributed by atoms with E-state index < -0.39 is 20.6 Å². The number of hydrogen-bond acceptors (Lipinski definition) is 4. The maximum atomic E-state index is 13.0. The maximum Gasteiger partial charge on any atom is 0.283 e. The zero-order chi connectivity index (χ0) is 21.6. The fraction of sp³-hybridized carbons (Fsp3) is 0.0526. The van der Waals surface area contributed by atoms with Crippen LogP contribution in [-0.4, -0.2) is 23.2 Å². The van der Waals surface area contributed by atoms with Crippen molar-refractivity contribution in [1.29, 1.82) is 0 Å². The van der Waals surface area contributed by atoms with Crippen LogP contribution in [0, 0.1) is 0 Å². The summed E-state index contributed by atoms with van der Waals surface area (Å²) in [5.41, 5.74) is -0.515. The molecule has 29 heavy (non-hydrogen) atoms. The van der Waals surface area contributed by atoms with Crippen LogP contribution < -0.4 is 0 Å². The van der Waals surface area contributed by atoms with Gasteiger partial charge in [-0.3, -0.25) is 4.55 Å². The average Bonchev–Trinajstić information content (AvgIpc) is 2.58. The Kier molecular flexibility index (Phi) is 5.98. The van der Waals surface area contributed by atoms with Crippen LogP contribution in [0.4, 0.5) is 0 Å². The molecule has 0 spiro atoms. The van der Waals surface area contributed by atoms with Crippen molar-refractivity contribution < 1.29 is 23.2 Å². The summed E-state index contributed by atoms with van der Waals surface area (Å²) in [6, 6.07) is 11.3. The van der Waals surface area contributed by atoms with Gasteiger partial charge in [0.1, 0.15) is 11.5 Å². The summed E-state index contributed by atoms with van der Waals surface area (Å²) in [7, 11) is -5.09. The van der Waals surface area contributed by atoms with E-state index >= 15 is 0 Å². The highest BCUT2D eigenvalue weighted by molar-refractivity contribution is 7.87. The number of halogens is 4. The standard InChI is InChI=1S/C19H12Cl4O5S/c20-11-3-1-10(2-4-11)19(29(26,27)28,14-6-5-13(24)9-15(14)22)18-16(23)7-12(21)8-17(18)25/h1-9,24-25H,(H,26,27,28). The molecule has 0 aromatic heterocycles. The third-order valence-electron chi connectivity index (χ3n) is 4.36. The molecular weight excluding hydrogens is 482 g/mol. The summed E-state index contributed by atoms with van der Waals surface area (Å²) in [5, 5.41) is 20.3. The van der Waals surface area contributed by atoms with Gasteiger partial charge in [-0.05, 0) is 42.0 Å². The molecule has 3 N–H and O–H groups in total. The van der Waals surface area contributed by atoms with E-state index in [1.807, 2.05) is 0 Å². The molecule has 1 unspecified atom stereocenters. The monoisotopic (exact) mass is 492 g/mol. The molecule has 10 heteroatoms. The van der Waals surface area contributed by atoms with E-state index in [1.54, 1.807) is 0 Å². The minimum Gasteiger partial charge on any atom is -0.508 e. The molecule has 0 saturated carbocycles. The molecule has 0 heterocycles. The van der Waals surface area contributed by atoms with E-state index in [4.69, 9.17) is 46.4 Å². The molecule has 0 aliphatic rings. The van der Waals surface area contributed by atoms with E-state index in [-0.39, 0.29) is 37.5 Å². The lowest BCUT2D eigenvalue weighted by molar-refractivity contribution is 0.440. The molecule has 0 saturated heterocycles. The normalized spacial score (nSPS) is 13.8. The predicted octanol–water partition coefficient (Wildman–Crippen LogP) is 5.89. The number of rotatable bonds is 4. The number of phenolic OH excluding ortho intramolecular Hbond substituents is 2. The molecule has 0 fully saturated rings. The van der Waals surface area contributed by atoms with Crippen LogP contribution in [0.2, 0.25) is 20.1 Å². The lowest BCUT2D eigenvalue weighted by atomic mass is 9.83. The van der Waals surface area contributed by atoms with E-state index in [2.05, 4.69) is 0 Å². The summed E-state index contributed by atoms with van der Waals surface area (Å²) in [4.78, 5) is 0. The van der Waals surface area contributed by atoms with Crippen molar-refractivity contribution in [2.45, 2.75) is 4.75 Å². The smallest absolute Gasteiger partial charge is 0.283 e. The molecule has 1 atom stereocenters. The topological polar surface area (TPSA) is 94.8 Å². The van der Waals surface area contributed by atoms with Gasteiger partial charge < -0.3 is 10.2 Å². The molecule has 5 nitrogen and oxygen atoms in total. The van der Waals surface area contributed by atoms with Gasteiger partial charge in [0, 0.05) is 26.2 Å².